The van der Waals surface area contributed by atoms with E-state index in [-0.39, 0.29) is 24.7 Å². The number of amides is 1. The van der Waals surface area contributed by atoms with Gasteiger partial charge in [-0.2, -0.15) is 0 Å². The zero-order chi connectivity index (χ0) is 17.3. The van der Waals surface area contributed by atoms with Crippen LogP contribution < -0.4 is 14.8 Å². The molecule has 2 unspecified atom stereocenters. The fraction of sp³-hybridized carbons (Fsp3) is 0.467. The number of fused-ring (bicyclic) bond motifs is 1. The van der Waals surface area contributed by atoms with Gasteiger partial charge in [0.2, 0.25) is 6.79 Å². The van der Waals surface area contributed by atoms with Crippen LogP contribution in [-0.4, -0.2) is 44.7 Å². The van der Waals surface area contributed by atoms with Crippen molar-refractivity contribution in [2.75, 3.05) is 23.6 Å². The summed E-state index contributed by atoms with van der Waals surface area (Å²) in [6.07, 6.45) is -0.802. The summed E-state index contributed by atoms with van der Waals surface area (Å²) in [6, 6.07) is 4.92. The monoisotopic (exact) mass is 355 g/mol. The topological polar surface area (TPSA) is 108 Å². The molecule has 0 aliphatic carbocycles. The fourth-order valence-corrected chi connectivity index (χ4v) is 4.25. The molecule has 9 heteroatoms. The van der Waals surface area contributed by atoms with Crippen LogP contribution >= 0.6 is 0 Å². The zero-order valence-electron chi connectivity index (χ0n) is 13.0. The molecular weight excluding hydrogens is 338 g/mol. The van der Waals surface area contributed by atoms with Crippen molar-refractivity contribution in [2.45, 2.75) is 19.4 Å². The molecule has 0 saturated carbocycles. The number of rotatable bonds is 4. The van der Waals surface area contributed by atoms with E-state index in [1.165, 1.54) is 6.92 Å². The first kappa shape index (κ1) is 16.6. The Morgan fingerprint density at radius 3 is 2.75 bits per heavy atom. The van der Waals surface area contributed by atoms with E-state index in [0.717, 1.165) is 0 Å². The van der Waals surface area contributed by atoms with Gasteiger partial charge >= 0.3 is 5.97 Å². The summed E-state index contributed by atoms with van der Waals surface area (Å²) < 4.78 is 38.3. The van der Waals surface area contributed by atoms with E-state index < -0.39 is 33.7 Å². The van der Waals surface area contributed by atoms with Crippen LogP contribution in [0.25, 0.3) is 0 Å². The molecule has 1 amide bonds. The molecule has 1 aromatic rings. The number of ether oxygens (including phenoxy) is 3. The number of esters is 1. The summed E-state index contributed by atoms with van der Waals surface area (Å²) in [5.41, 5.74) is 0.482. The number of carbonyl (C=O) groups excluding carboxylic acids is 2. The Hall–Kier alpha value is -2.29. The van der Waals surface area contributed by atoms with Crippen molar-refractivity contribution >= 4 is 27.4 Å². The van der Waals surface area contributed by atoms with Crippen LogP contribution in [0, 0.1) is 5.92 Å². The Bertz CT molecular complexity index is 774. The first-order chi connectivity index (χ1) is 11.3. The maximum atomic E-state index is 12.1. The summed E-state index contributed by atoms with van der Waals surface area (Å²) in [7, 11) is -3.18. The van der Waals surface area contributed by atoms with Crippen molar-refractivity contribution in [2.24, 2.45) is 5.92 Å². The van der Waals surface area contributed by atoms with Crippen LogP contribution in [0.1, 0.15) is 13.3 Å². The lowest BCUT2D eigenvalue weighted by atomic mass is 10.1. The third kappa shape index (κ3) is 3.61. The molecule has 24 heavy (non-hydrogen) atoms. The highest BCUT2D eigenvalue weighted by atomic mass is 32.2. The second-order valence-electron chi connectivity index (χ2n) is 5.74. The Labute approximate surface area is 139 Å². The lowest BCUT2D eigenvalue weighted by Crippen LogP contribution is -2.32. The summed E-state index contributed by atoms with van der Waals surface area (Å²) >= 11 is 0. The Balaban J connectivity index is 1.56. The Kier molecular flexibility index (Phi) is 4.35. The molecule has 2 heterocycles. The second kappa shape index (κ2) is 6.31. The van der Waals surface area contributed by atoms with Crippen molar-refractivity contribution in [1.29, 1.82) is 0 Å². The molecule has 0 bridgehead atoms. The molecule has 3 rings (SSSR count). The molecule has 130 valence electrons. The normalized spacial score (nSPS) is 22.0. The maximum Gasteiger partial charge on any atom is 0.310 e. The van der Waals surface area contributed by atoms with Gasteiger partial charge in [0.1, 0.15) is 0 Å². The lowest BCUT2D eigenvalue weighted by molar-refractivity contribution is -0.156. The smallest absolute Gasteiger partial charge is 0.310 e. The van der Waals surface area contributed by atoms with Crippen LogP contribution in [0.4, 0.5) is 5.69 Å². The van der Waals surface area contributed by atoms with Gasteiger partial charge in [-0.3, -0.25) is 9.59 Å². The average molecular weight is 355 g/mol. The number of hydrogen-bond donors (Lipinski definition) is 1. The third-order valence-electron chi connectivity index (χ3n) is 3.87. The molecule has 0 radical (unpaired) electrons. The number of benzene rings is 1. The van der Waals surface area contributed by atoms with E-state index >= 15 is 0 Å². The van der Waals surface area contributed by atoms with Gasteiger partial charge in [0, 0.05) is 11.8 Å². The number of carbonyl (C=O) groups is 2. The molecule has 1 N–H and O–H groups in total. The SMILES string of the molecule is CC(OC(=O)C1CCS(=O)(=O)C1)C(=O)Nc1ccc2c(c1)OCO2. The summed E-state index contributed by atoms with van der Waals surface area (Å²) in [5, 5.41) is 2.61. The van der Waals surface area contributed by atoms with Gasteiger partial charge in [0.25, 0.3) is 5.91 Å². The predicted molar refractivity (Wildman–Crippen MR) is 83.5 cm³/mol. The Morgan fingerprint density at radius 1 is 1.29 bits per heavy atom. The van der Waals surface area contributed by atoms with Gasteiger partial charge in [0.15, 0.2) is 27.4 Å². The van der Waals surface area contributed by atoms with Crippen LogP contribution in [0.5, 0.6) is 11.5 Å². The highest BCUT2D eigenvalue weighted by Gasteiger charge is 2.35. The molecule has 0 aromatic heterocycles. The van der Waals surface area contributed by atoms with Crippen LogP contribution in [0.15, 0.2) is 18.2 Å². The molecule has 2 atom stereocenters. The Morgan fingerprint density at radius 2 is 2.04 bits per heavy atom. The third-order valence-corrected chi connectivity index (χ3v) is 5.64. The van der Waals surface area contributed by atoms with Crippen molar-refractivity contribution in [3.63, 3.8) is 0 Å². The van der Waals surface area contributed by atoms with Gasteiger partial charge in [0.05, 0.1) is 17.4 Å². The fourth-order valence-electron chi connectivity index (χ4n) is 2.52. The predicted octanol–water partition coefficient (Wildman–Crippen LogP) is 0.720. The van der Waals surface area contributed by atoms with Crippen LogP contribution in [0.3, 0.4) is 0 Å². The van der Waals surface area contributed by atoms with Crippen molar-refractivity contribution in [3.8, 4) is 11.5 Å². The largest absolute Gasteiger partial charge is 0.454 e. The quantitative estimate of drug-likeness (QED) is 0.793. The van der Waals surface area contributed by atoms with Gasteiger partial charge in [-0.15, -0.1) is 0 Å². The van der Waals surface area contributed by atoms with E-state index in [0.29, 0.717) is 17.2 Å². The second-order valence-corrected chi connectivity index (χ2v) is 7.97. The molecule has 2 aliphatic rings. The van der Waals surface area contributed by atoms with Crippen molar-refractivity contribution in [3.05, 3.63) is 18.2 Å². The molecule has 2 aliphatic heterocycles. The highest BCUT2D eigenvalue weighted by molar-refractivity contribution is 7.91. The number of nitrogens with one attached hydrogen (secondary N) is 1. The van der Waals surface area contributed by atoms with Crippen molar-refractivity contribution < 1.29 is 32.2 Å². The maximum absolute atomic E-state index is 12.1. The standard InChI is InChI=1S/C15H17NO7S/c1-9(23-15(18)10-4-5-24(19,20)7-10)14(17)16-11-2-3-12-13(6-11)22-8-21-12/h2-3,6,9-10H,4-5,7-8H2,1H3,(H,16,17). The molecule has 1 saturated heterocycles. The summed E-state index contributed by atoms with van der Waals surface area (Å²) in [4.78, 5) is 24.1. The van der Waals surface area contributed by atoms with Gasteiger partial charge in [-0.1, -0.05) is 0 Å². The van der Waals surface area contributed by atoms with Crippen LogP contribution in [-0.2, 0) is 24.2 Å². The zero-order valence-corrected chi connectivity index (χ0v) is 13.8. The molecule has 1 fully saturated rings. The van der Waals surface area contributed by atoms with Crippen molar-refractivity contribution in [1.82, 2.24) is 0 Å². The summed E-state index contributed by atoms with van der Waals surface area (Å²) in [6.45, 7) is 1.56. The van der Waals surface area contributed by atoms with Gasteiger partial charge < -0.3 is 19.5 Å². The molecule has 0 spiro atoms. The number of anilines is 1. The lowest BCUT2D eigenvalue weighted by Gasteiger charge is -2.15. The number of hydrogen-bond acceptors (Lipinski definition) is 7. The first-order valence-corrected chi connectivity index (χ1v) is 9.27. The van der Waals surface area contributed by atoms with E-state index in [9.17, 15) is 18.0 Å². The van der Waals surface area contributed by atoms with E-state index in [1.54, 1.807) is 18.2 Å². The molecular formula is C15H17NO7S. The number of sulfone groups is 1. The average Bonchev–Trinajstić information content (AvgIpc) is 3.12. The first-order valence-electron chi connectivity index (χ1n) is 7.45. The minimum Gasteiger partial charge on any atom is -0.454 e. The van der Waals surface area contributed by atoms with E-state index in [1.807, 2.05) is 0 Å². The summed E-state index contributed by atoms with van der Waals surface area (Å²) in [5.74, 6) is -1.00. The van der Waals surface area contributed by atoms with E-state index in [2.05, 4.69) is 5.32 Å². The van der Waals surface area contributed by atoms with Gasteiger partial charge in [-0.25, -0.2) is 8.42 Å². The minimum atomic E-state index is -3.18. The van der Waals surface area contributed by atoms with Gasteiger partial charge in [-0.05, 0) is 25.5 Å². The molecule has 1 aromatic carbocycles. The molecule has 8 nitrogen and oxygen atoms in total. The minimum absolute atomic E-state index is 0.0233. The highest BCUT2D eigenvalue weighted by Crippen LogP contribution is 2.34. The van der Waals surface area contributed by atoms with E-state index in [4.69, 9.17) is 14.2 Å². The van der Waals surface area contributed by atoms with Crippen LogP contribution in [0.2, 0.25) is 0 Å².